The molecule has 1 aliphatic rings. The summed E-state index contributed by atoms with van der Waals surface area (Å²) in [4.78, 5) is 0. The van der Waals surface area contributed by atoms with Gasteiger partial charge in [-0.25, -0.2) is 10.0 Å². The van der Waals surface area contributed by atoms with Crippen molar-refractivity contribution in [2.45, 2.75) is 44.2 Å². The van der Waals surface area contributed by atoms with Gasteiger partial charge in [-0.1, -0.05) is 36.8 Å². The highest BCUT2D eigenvalue weighted by Gasteiger charge is 2.60. The Morgan fingerprint density at radius 3 is 1.87 bits per heavy atom. The lowest BCUT2D eigenvalue weighted by molar-refractivity contribution is -0.319. The smallest absolute Gasteiger partial charge is 0.241 e. The molecule has 1 fully saturated rings. The van der Waals surface area contributed by atoms with Crippen molar-refractivity contribution in [3.8, 4) is 0 Å². The van der Waals surface area contributed by atoms with Crippen LogP contribution in [0, 0.1) is 0 Å². The van der Waals surface area contributed by atoms with E-state index in [1.165, 1.54) is 17.1 Å². The van der Waals surface area contributed by atoms with E-state index >= 15 is 0 Å². The van der Waals surface area contributed by atoms with Crippen molar-refractivity contribution in [2.24, 2.45) is 0 Å². The van der Waals surface area contributed by atoms with Gasteiger partial charge in [0.15, 0.2) is 0 Å². The summed E-state index contributed by atoms with van der Waals surface area (Å²) in [6.07, 6.45) is -8.77. The maximum Gasteiger partial charge on any atom is 0.414 e. The minimum Gasteiger partial charge on any atom is -0.241 e. The number of benzene rings is 1. The lowest BCUT2D eigenvalue weighted by Crippen LogP contribution is -2.61. The Morgan fingerprint density at radius 1 is 0.870 bits per heavy atom. The molecule has 0 aromatic heterocycles. The first-order valence-corrected chi connectivity index (χ1v) is 7.38. The van der Waals surface area contributed by atoms with E-state index in [-0.39, 0.29) is 13.1 Å². The van der Waals surface area contributed by atoms with Gasteiger partial charge in [0.1, 0.15) is 0 Å². The molecule has 2 nitrogen and oxygen atoms in total. The maximum absolute atomic E-state index is 13.1. The highest BCUT2D eigenvalue weighted by atomic mass is 19.4. The van der Waals surface area contributed by atoms with Gasteiger partial charge in [0.2, 0.25) is 6.04 Å². The van der Waals surface area contributed by atoms with E-state index in [0.29, 0.717) is 23.4 Å². The molecule has 0 N–H and O–H groups in total. The Hall–Kier alpha value is -1.28. The zero-order valence-corrected chi connectivity index (χ0v) is 12.4. The van der Waals surface area contributed by atoms with Crippen molar-refractivity contribution >= 4 is 0 Å². The van der Waals surface area contributed by atoms with E-state index in [2.05, 4.69) is 0 Å². The topological polar surface area (TPSA) is 6.48 Å². The number of rotatable bonds is 4. The highest BCUT2D eigenvalue weighted by Crippen LogP contribution is 2.39. The van der Waals surface area contributed by atoms with Gasteiger partial charge in [-0.3, -0.25) is 0 Å². The molecule has 0 unspecified atom stereocenters. The molecular formula is C15H18F6N2. The highest BCUT2D eigenvalue weighted by molar-refractivity contribution is 5.14. The summed E-state index contributed by atoms with van der Waals surface area (Å²) in [7, 11) is 0. The summed E-state index contributed by atoms with van der Waals surface area (Å²) in [5.41, 5.74) is 0.413. The second-order valence-corrected chi connectivity index (χ2v) is 5.58. The first-order chi connectivity index (χ1) is 10.7. The molecule has 1 aliphatic heterocycles. The van der Waals surface area contributed by atoms with Crippen LogP contribution in [-0.4, -0.2) is 41.5 Å². The van der Waals surface area contributed by atoms with Gasteiger partial charge in [0, 0.05) is 19.6 Å². The van der Waals surface area contributed by atoms with Crippen LogP contribution in [0.3, 0.4) is 0 Å². The van der Waals surface area contributed by atoms with Crippen molar-refractivity contribution in [1.29, 1.82) is 0 Å². The van der Waals surface area contributed by atoms with Crippen LogP contribution in [0.2, 0.25) is 0 Å². The summed E-state index contributed by atoms with van der Waals surface area (Å²) in [5, 5.41) is 1.64. The molecule has 1 saturated heterocycles. The Kier molecular flexibility index (Phi) is 5.57. The molecule has 0 aliphatic carbocycles. The zero-order valence-electron chi connectivity index (χ0n) is 12.4. The molecule has 1 aromatic carbocycles. The average molecular weight is 340 g/mol. The van der Waals surface area contributed by atoms with Gasteiger partial charge in [-0.05, 0) is 18.4 Å². The van der Waals surface area contributed by atoms with E-state index in [1.54, 1.807) is 18.2 Å². The maximum atomic E-state index is 13.1. The van der Waals surface area contributed by atoms with E-state index < -0.39 is 24.9 Å². The van der Waals surface area contributed by atoms with E-state index in [9.17, 15) is 26.3 Å². The van der Waals surface area contributed by atoms with Crippen molar-refractivity contribution in [2.75, 3.05) is 13.1 Å². The Labute approximate surface area is 130 Å². The molecule has 1 aromatic rings. The van der Waals surface area contributed by atoms with Crippen LogP contribution in [-0.2, 0) is 6.54 Å². The Morgan fingerprint density at radius 2 is 1.39 bits per heavy atom. The first-order valence-electron chi connectivity index (χ1n) is 7.38. The quantitative estimate of drug-likeness (QED) is 0.751. The Bertz CT molecular complexity index is 465. The van der Waals surface area contributed by atoms with Crippen LogP contribution in [0.15, 0.2) is 30.3 Å². The molecule has 0 radical (unpaired) electrons. The van der Waals surface area contributed by atoms with Gasteiger partial charge >= 0.3 is 12.4 Å². The van der Waals surface area contributed by atoms with Gasteiger partial charge in [0.05, 0.1) is 0 Å². The van der Waals surface area contributed by atoms with Gasteiger partial charge in [-0.2, -0.15) is 26.3 Å². The molecule has 0 saturated carbocycles. The molecule has 0 amide bonds. The van der Waals surface area contributed by atoms with Gasteiger partial charge in [0.25, 0.3) is 0 Å². The summed E-state index contributed by atoms with van der Waals surface area (Å²) in [6, 6.07) is 4.43. The second kappa shape index (κ2) is 7.09. The molecular weight excluding hydrogens is 322 g/mol. The third kappa shape index (κ3) is 4.84. The number of halogens is 6. The standard InChI is InChI=1S/C15H18F6N2/c16-14(17,18)13(15(19,20)21)23(22-9-5-2-6-10-22)11-12-7-3-1-4-8-12/h1,3-4,7-8,13H,2,5-6,9-11H2. The lowest BCUT2D eigenvalue weighted by atomic mass is 10.1. The monoisotopic (exact) mass is 340 g/mol. The second-order valence-electron chi connectivity index (χ2n) is 5.58. The van der Waals surface area contributed by atoms with E-state index in [0.717, 1.165) is 6.42 Å². The third-order valence-electron chi connectivity index (χ3n) is 3.80. The van der Waals surface area contributed by atoms with Crippen LogP contribution in [0.5, 0.6) is 0 Å². The van der Waals surface area contributed by atoms with Crippen molar-refractivity contribution < 1.29 is 26.3 Å². The fourth-order valence-corrected chi connectivity index (χ4v) is 2.78. The van der Waals surface area contributed by atoms with Crippen molar-refractivity contribution in [3.05, 3.63) is 35.9 Å². The predicted molar refractivity (Wildman–Crippen MR) is 73.3 cm³/mol. The van der Waals surface area contributed by atoms with Gasteiger partial charge in [-0.15, -0.1) is 0 Å². The first kappa shape index (κ1) is 18.1. The van der Waals surface area contributed by atoms with Crippen LogP contribution < -0.4 is 0 Å². The largest absolute Gasteiger partial charge is 0.414 e. The number of piperidine rings is 1. The molecule has 2 rings (SSSR count). The summed E-state index contributed by atoms with van der Waals surface area (Å²) in [6.45, 7) is -0.0183. The number of hydrazine groups is 1. The molecule has 23 heavy (non-hydrogen) atoms. The number of hydrogen-bond acceptors (Lipinski definition) is 2. The summed E-state index contributed by atoms with van der Waals surface area (Å²) in [5.74, 6) is 0. The van der Waals surface area contributed by atoms with Crippen molar-refractivity contribution in [1.82, 2.24) is 10.0 Å². The molecule has 8 heteroatoms. The van der Waals surface area contributed by atoms with Crippen molar-refractivity contribution in [3.63, 3.8) is 0 Å². The number of nitrogens with zero attached hydrogens (tertiary/aromatic N) is 2. The van der Waals surface area contributed by atoms with Crippen LogP contribution in [0.4, 0.5) is 26.3 Å². The summed E-state index contributed by atoms with van der Waals surface area (Å²) < 4.78 is 78.8. The minimum atomic E-state index is -5.38. The minimum absolute atomic E-state index is 0.204. The third-order valence-corrected chi connectivity index (χ3v) is 3.80. The molecule has 0 bridgehead atoms. The molecule has 1 heterocycles. The molecule has 0 atom stereocenters. The van der Waals surface area contributed by atoms with Crippen LogP contribution in [0.25, 0.3) is 0 Å². The number of alkyl halides is 6. The Balaban J connectivity index is 2.33. The fourth-order valence-electron chi connectivity index (χ4n) is 2.78. The van der Waals surface area contributed by atoms with Crippen LogP contribution in [0.1, 0.15) is 24.8 Å². The predicted octanol–water partition coefficient (Wildman–Crippen LogP) is 4.38. The number of hydrogen-bond donors (Lipinski definition) is 0. The van der Waals surface area contributed by atoms with Gasteiger partial charge < -0.3 is 0 Å². The molecule has 130 valence electrons. The van der Waals surface area contributed by atoms with Crippen LogP contribution >= 0.6 is 0 Å². The average Bonchev–Trinajstić information content (AvgIpc) is 2.46. The normalized spacial score (nSPS) is 17.9. The fraction of sp³-hybridized carbons (Fsp3) is 0.600. The van der Waals surface area contributed by atoms with E-state index in [1.807, 2.05) is 0 Å². The SMILES string of the molecule is FC(F)(F)C(N(Cc1ccccc1)N1CCCCC1)C(F)(F)F. The zero-order chi connectivity index (χ0) is 17.1. The summed E-state index contributed by atoms with van der Waals surface area (Å²) >= 11 is 0. The van der Waals surface area contributed by atoms with E-state index in [4.69, 9.17) is 0 Å². The lowest BCUT2D eigenvalue weighted by Gasteiger charge is -2.43. The molecule has 0 spiro atoms.